The zero-order valence-electron chi connectivity index (χ0n) is 26.7. The van der Waals surface area contributed by atoms with Crippen molar-refractivity contribution in [3.63, 3.8) is 0 Å². The third-order valence-corrected chi connectivity index (χ3v) is 13.0. The van der Waals surface area contributed by atoms with Gasteiger partial charge in [0.25, 0.3) is 5.91 Å². The predicted octanol–water partition coefficient (Wildman–Crippen LogP) is 6.19. The molecule has 1 amide bonds. The fourth-order valence-electron chi connectivity index (χ4n) is 7.85. The molecule has 2 bridgehead atoms. The Kier molecular flexibility index (Phi) is 9.47. The molecule has 0 radical (unpaired) electrons. The first-order valence-corrected chi connectivity index (χ1v) is 18.7. The van der Waals surface area contributed by atoms with Gasteiger partial charge in [0.2, 0.25) is 0 Å². The molecule has 2 N–H and O–H groups in total. The zero-order chi connectivity index (χ0) is 32.6. The molecule has 46 heavy (non-hydrogen) atoms. The Morgan fingerprint density at radius 2 is 2.09 bits per heavy atom. The van der Waals surface area contributed by atoms with Crippen molar-refractivity contribution in [3.8, 4) is 5.75 Å². The van der Waals surface area contributed by atoms with Crippen molar-refractivity contribution < 1.29 is 28.4 Å². The van der Waals surface area contributed by atoms with Crippen LogP contribution in [0.3, 0.4) is 0 Å². The van der Waals surface area contributed by atoms with Crippen molar-refractivity contribution in [2.75, 3.05) is 24.6 Å². The van der Waals surface area contributed by atoms with Crippen LogP contribution in [0.4, 0.5) is 5.69 Å². The van der Waals surface area contributed by atoms with Gasteiger partial charge in [-0.2, -0.15) is 0 Å². The number of nitrogens with zero attached hydrogens (tertiary/aromatic N) is 1. The molecule has 248 valence electrons. The second kappa shape index (κ2) is 13.2. The highest BCUT2D eigenvalue weighted by Gasteiger charge is 2.45. The van der Waals surface area contributed by atoms with E-state index in [0.29, 0.717) is 50.3 Å². The number of rotatable bonds is 4. The van der Waals surface area contributed by atoms with Crippen LogP contribution in [-0.4, -0.2) is 64.2 Å². The summed E-state index contributed by atoms with van der Waals surface area (Å²) in [6.07, 6.45) is 9.37. The predicted molar refractivity (Wildman–Crippen MR) is 184 cm³/mol. The molecule has 1 saturated carbocycles. The third-order valence-electron chi connectivity index (χ3n) is 10.6. The maximum absolute atomic E-state index is 13.8. The standard InChI is InChI=1S/C36H45ClN2O6S/c1-4-28-9-5-6-10-32(45-23(2)35(41)42)29-14-11-26(29)20-39-21-36(17-7-8-24-18-27(37)13-15-30(24)36)22-44-33-16-12-25(19-31(33)39)34(40)38-46(28,3)43/h6,10,12-13,15-16,18-19,23,26,28-29,32H,3-5,7-9,11,14,17,20-22H2,1-2H3,(H,41,42)(H,38,40,43)/b10-6+/t23-,26-,28+,29+,32-,36-,46?/m0/s1. The number of ether oxygens (including phenoxy) is 2. The molecule has 2 aromatic carbocycles. The highest BCUT2D eigenvalue weighted by atomic mass is 35.5. The van der Waals surface area contributed by atoms with Crippen molar-refractivity contribution in [1.82, 2.24) is 4.72 Å². The highest BCUT2D eigenvalue weighted by Crippen LogP contribution is 2.47. The van der Waals surface area contributed by atoms with E-state index in [1.165, 1.54) is 11.1 Å². The number of anilines is 1. The number of nitrogens with one attached hydrogen (secondary N) is 1. The average Bonchev–Trinajstić information content (AvgIpc) is 3.15. The van der Waals surface area contributed by atoms with Crippen molar-refractivity contribution in [3.05, 3.63) is 70.3 Å². The Bertz CT molecular complexity index is 1630. The molecule has 1 spiro atoms. The lowest BCUT2D eigenvalue weighted by Crippen LogP contribution is -2.50. The van der Waals surface area contributed by atoms with Gasteiger partial charge in [0, 0.05) is 34.3 Å². The Labute approximate surface area is 277 Å². The van der Waals surface area contributed by atoms with Crippen molar-refractivity contribution in [2.24, 2.45) is 11.8 Å². The van der Waals surface area contributed by atoms with Gasteiger partial charge in [-0.3, -0.25) is 9.52 Å². The number of allylic oxidation sites excluding steroid dienone is 1. The lowest BCUT2D eigenvalue weighted by atomic mass is 9.68. The molecular weight excluding hydrogens is 624 g/mol. The largest absolute Gasteiger partial charge is 0.490 e. The third kappa shape index (κ3) is 6.56. The van der Waals surface area contributed by atoms with Crippen LogP contribution in [0.2, 0.25) is 5.02 Å². The number of aryl methyl sites for hydroxylation is 1. The number of carboxylic acid groups (broad SMARTS) is 1. The van der Waals surface area contributed by atoms with Crippen LogP contribution in [0.5, 0.6) is 5.75 Å². The molecule has 1 unspecified atom stereocenters. The number of amides is 1. The van der Waals surface area contributed by atoms with Gasteiger partial charge in [0.15, 0.2) is 6.10 Å². The molecule has 0 aromatic heterocycles. The summed E-state index contributed by atoms with van der Waals surface area (Å²) in [5, 5.41) is 10.1. The number of carbonyl (C=O) groups is 2. The molecule has 10 heteroatoms. The average molecular weight is 669 g/mol. The highest BCUT2D eigenvalue weighted by molar-refractivity contribution is 7.99. The van der Waals surface area contributed by atoms with Gasteiger partial charge in [-0.1, -0.05) is 36.7 Å². The van der Waals surface area contributed by atoms with E-state index in [0.717, 1.165) is 42.8 Å². The normalized spacial score (nSPS) is 32.5. The summed E-state index contributed by atoms with van der Waals surface area (Å²) in [6.45, 7) is 5.43. The zero-order valence-corrected chi connectivity index (χ0v) is 28.3. The second-order valence-electron chi connectivity index (χ2n) is 13.6. The SMILES string of the molecule is C=S1(=O)NC(=O)c2ccc3c(c2)N(C[C@@H]2CC[C@H]2[C@@H](O[C@@H](C)C(=O)O)/C=C/CC[C@H]1CC)C[C@@]1(CCCc2cc(Cl)ccc21)CO3. The molecule has 4 aliphatic rings. The van der Waals surface area contributed by atoms with Gasteiger partial charge in [0.1, 0.15) is 5.75 Å². The number of halogens is 1. The van der Waals surface area contributed by atoms with Gasteiger partial charge >= 0.3 is 5.97 Å². The van der Waals surface area contributed by atoms with E-state index in [9.17, 15) is 18.9 Å². The van der Waals surface area contributed by atoms with Crippen LogP contribution in [0.1, 0.15) is 80.3 Å². The molecule has 2 aliphatic carbocycles. The molecule has 1 fully saturated rings. The fraction of sp³-hybridized carbons (Fsp3) is 0.528. The minimum atomic E-state index is -2.95. The first-order valence-electron chi connectivity index (χ1n) is 16.5. The molecule has 6 rings (SSSR count). The first-order chi connectivity index (χ1) is 22.0. The lowest BCUT2D eigenvalue weighted by molar-refractivity contribution is -0.155. The van der Waals surface area contributed by atoms with Gasteiger partial charge in [-0.15, -0.1) is 0 Å². The van der Waals surface area contributed by atoms with E-state index >= 15 is 0 Å². The molecule has 8 nitrogen and oxygen atoms in total. The monoisotopic (exact) mass is 668 g/mol. The van der Waals surface area contributed by atoms with Crippen LogP contribution < -0.4 is 14.4 Å². The minimum Gasteiger partial charge on any atom is -0.490 e. The van der Waals surface area contributed by atoms with E-state index in [4.69, 9.17) is 21.1 Å². The summed E-state index contributed by atoms with van der Waals surface area (Å²) in [7, 11) is -2.95. The van der Waals surface area contributed by atoms with Crippen LogP contribution >= 0.6 is 11.6 Å². The number of benzene rings is 2. The summed E-state index contributed by atoms with van der Waals surface area (Å²) in [5.74, 6) is 3.68. The summed E-state index contributed by atoms with van der Waals surface area (Å²) >= 11 is 6.43. The van der Waals surface area contributed by atoms with Crippen LogP contribution in [-0.2, 0) is 31.1 Å². The van der Waals surface area contributed by atoms with Crippen LogP contribution in [0.15, 0.2) is 48.6 Å². The number of carbonyl (C=O) groups excluding carboxylic acids is 1. The molecule has 2 aliphatic heterocycles. The molecule has 7 atom stereocenters. The van der Waals surface area contributed by atoms with Gasteiger partial charge in [-0.05, 0) is 117 Å². The number of hydrogen-bond acceptors (Lipinski definition) is 6. The Balaban J connectivity index is 1.42. The van der Waals surface area contributed by atoms with Crippen molar-refractivity contribution >= 4 is 44.7 Å². The summed E-state index contributed by atoms with van der Waals surface area (Å²) in [4.78, 5) is 27.8. The van der Waals surface area contributed by atoms with Crippen LogP contribution in [0, 0.1) is 11.8 Å². The maximum Gasteiger partial charge on any atom is 0.332 e. The number of aliphatic carboxylic acids is 1. The summed E-state index contributed by atoms with van der Waals surface area (Å²) in [6, 6.07) is 11.6. The van der Waals surface area contributed by atoms with Crippen molar-refractivity contribution in [1.29, 1.82) is 0 Å². The Hall–Kier alpha value is -3.01. The fourth-order valence-corrected chi connectivity index (χ4v) is 9.70. The summed E-state index contributed by atoms with van der Waals surface area (Å²) in [5.41, 5.74) is 3.48. The van der Waals surface area contributed by atoms with Crippen LogP contribution in [0.25, 0.3) is 0 Å². The van der Waals surface area contributed by atoms with E-state index in [1.54, 1.807) is 13.0 Å². The molecule has 0 saturated heterocycles. The Morgan fingerprint density at radius 1 is 1.26 bits per heavy atom. The maximum atomic E-state index is 13.8. The minimum absolute atomic E-state index is 0.137. The van der Waals surface area contributed by atoms with Gasteiger partial charge < -0.3 is 19.5 Å². The number of hydrogen-bond donors (Lipinski definition) is 2. The smallest absolute Gasteiger partial charge is 0.332 e. The first kappa shape index (κ1) is 32.9. The van der Waals surface area contributed by atoms with E-state index in [2.05, 4.69) is 27.6 Å². The summed E-state index contributed by atoms with van der Waals surface area (Å²) < 4.78 is 29.3. The van der Waals surface area contributed by atoms with E-state index in [1.807, 2.05) is 37.3 Å². The lowest BCUT2D eigenvalue weighted by Gasteiger charge is -2.46. The quantitative estimate of drug-likeness (QED) is 0.296. The van der Waals surface area contributed by atoms with Gasteiger partial charge in [0.05, 0.1) is 28.1 Å². The van der Waals surface area contributed by atoms with E-state index < -0.39 is 27.7 Å². The van der Waals surface area contributed by atoms with E-state index in [-0.39, 0.29) is 28.6 Å². The molecule has 2 heterocycles. The second-order valence-corrected chi connectivity index (χ2v) is 16.3. The Morgan fingerprint density at radius 3 is 2.83 bits per heavy atom. The number of fused-ring (bicyclic) bond motifs is 4. The topological polar surface area (TPSA) is 105 Å². The number of carboxylic acids is 1. The van der Waals surface area contributed by atoms with Crippen molar-refractivity contribution in [2.45, 2.75) is 88.1 Å². The molecular formula is C36H45ClN2O6S. The van der Waals surface area contributed by atoms with Gasteiger partial charge in [-0.25, -0.2) is 9.00 Å². The molecule has 2 aromatic rings.